The molecule has 0 radical (unpaired) electrons. The summed E-state index contributed by atoms with van der Waals surface area (Å²) in [5.74, 6) is 0. The van der Waals surface area contributed by atoms with Gasteiger partial charge in [0.1, 0.15) is 0 Å². The summed E-state index contributed by atoms with van der Waals surface area (Å²) in [6.07, 6.45) is 0.809. The van der Waals surface area contributed by atoms with Crippen LogP contribution in [0.5, 0.6) is 0 Å². The Morgan fingerprint density at radius 1 is 1.15 bits per heavy atom. The summed E-state index contributed by atoms with van der Waals surface area (Å²) < 4.78 is 1.08. The molecular weight excluding hydrogens is 357 g/mol. The monoisotopic (exact) mass is 371 g/mol. The van der Waals surface area contributed by atoms with Crippen molar-refractivity contribution in [2.75, 3.05) is 6.54 Å². The van der Waals surface area contributed by atoms with Crippen molar-refractivity contribution in [1.82, 2.24) is 5.32 Å². The maximum Gasteiger partial charge on any atom is 0.0439 e. The zero-order valence-electron chi connectivity index (χ0n) is 11.2. The van der Waals surface area contributed by atoms with E-state index in [2.05, 4.69) is 40.3 Å². The van der Waals surface area contributed by atoms with Crippen LogP contribution < -0.4 is 5.32 Å². The molecule has 0 aliphatic heterocycles. The first-order valence-electron chi connectivity index (χ1n) is 6.53. The Kier molecular flexibility index (Phi) is 5.91. The molecule has 1 nitrogen and oxygen atoms in total. The first kappa shape index (κ1) is 15.8. The molecule has 106 valence electrons. The van der Waals surface area contributed by atoms with Crippen molar-refractivity contribution in [3.63, 3.8) is 0 Å². The van der Waals surface area contributed by atoms with E-state index in [4.69, 9.17) is 23.2 Å². The minimum atomic E-state index is 0.216. The average molecular weight is 373 g/mol. The molecule has 0 heterocycles. The van der Waals surface area contributed by atoms with E-state index in [-0.39, 0.29) is 6.04 Å². The maximum absolute atomic E-state index is 6.26. The fourth-order valence-electron chi connectivity index (χ4n) is 2.20. The van der Waals surface area contributed by atoms with Crippen LogP contribution in [0.1, 0.15) is 24.1 Å². The van der Waals surface area contributed by atoms with Crippen molar-refractivity contribution < 1.29 is 0 Å². The summed E-state index contributed by atoms with van der Waals surface area (Å²) in [6, 6.07) is 14.1. The summed E-state index contributed by atoms with van der Waals surface area (Å²) in [5, 5.41) is 4.97. The highest BCUT2D eigenvalue weighted by Gasteiger charge is 2.13. The molecular formula is C16H16BrCl2N. The van der Waals surface area contributed by atoms with Crippen molar-refractivity contribution in [2.45, 2.75) is 19.4 Å². The Hall–Kier alpha value is -0.540. The first-order valence-corrected chi connectivity index (χ1v) is 8.08. The molecule has 1 N–H and O–H groups in total. The third-order valence-corrected chi connectivity index (χ3v) is 4.23. The van der Waals surface area contributed by atoms with Gasteiger partial charge in [-0.2, -0.15) is 0 Å². The number of hydrogen-bond donors (Lipinski definition) is 1. The lowest BCUT2D eigenvalue weighted by molar-refractivity contribution is 0.549. The molecule has 1 atom stereocenters. The second kappa shape index (κ2) is 7.46. The highest BCUT2D eigenvalue weighted by atomic mass is 79.9. The number of benzene rings is 2. The van der Waals surface area contributed by atoms with Crippen LogP contribution in [0, 0.1) is 0 Å². The zero-order chi connectivity index (χ0) is 14.5. The molecule has 4 heteroatoms. The van der Waals surface area contributed by atoms with E-state index in [1.54, 1.807) is 0 Å². The van der Waals surface area contributed by atoms with Crippen molar-refractivity contribution in [3.05, 3.63) is 68.1 Å². The van der Waals surface area contributed by atoms with Gasteiger partial charge < -0.3 is 5.32 Å². The smallest absolute Gasteiger partial charge is 0.0439 e. The van der Waals surface area contributed by atoms with E-state index in [9.17, 15) is 0 Å². The summed E-state index contributed by atoms with van der Waals surface area (Å²) in [5.41, 5.74) is 2.29. The molecule has 0 spiro atoms. The maximum atomic E-state index is 6.26. The third kappa shape index (κ3) is 4.23. The van der Waals surface area contributed by atoms with Gasteiger partial charge in [0, 0.05) is 20.6 Å². The van der Waals surface area contributed by atoms with Crippen LogP contribution in [0.15, 0.2) is 46.9 Å². The molecule has 1 unspecified atom stereocenters. The van der Waals surface area contributed by atoms with Crippen LogP contribution >= 0.6 is 39.1 Å². The molecule has 2 rings (SSSR count). The second-order valence-corrected chi connectivity index (χ2v) is 6.36. The molecule has 0 amide bonds. The lowest BCUT2D eigenvalue weighted by Gasteiger charge is -2.19. The zero-order valence-corrected chi connectivity index (χ0v) is 14.3. The standard InChI is InChI=1S/C16H16BrCl2N/c1-2-20-16(11-4-3-5-13(17)8-11)10-12-9-14(18)6-7-15(12)19/h3-9,16,20H,2,10H2,1H3. The second-order valence-electron chi connectivity index (χ2n) is 4.61. The van der Waals surface area contributed by atoms with Gasteiger partial charge in [-0.25, -0.2) is 0 Å². The molecule has 0 saturated carbocycles. The Bertz CT molecular complexity index is 586. The number of nitrogens with one attached hydrogen (secondary N) is 1. The SMILES string of the molecule is CCNC(Cc1cc(Cl)ccc1Cl)c1cccc(Br)c1. The van der Waals surface area contributed by atoms with Crippen LogP contribution in [-0.4, -0.2) is 6.54 Å². The summed E-state index contributed by atoms with van der Waals surface area (Å²) in [4.78, 5) is 0. The molecule has 0 aliphatic rings. The molecule has 0 fully saturated rings. The topological polar surface area (TPSA) is 12.0 Å². The largest absolute Gasteiger partial charge is 0.310 e. The molecule has 20 heavy (non-hydrogen) atoms. The normalized spacial score (nSPS) is 12.4. The molecule has 0 aliphatic carbocycles. The van der Waals surface area contributed by atoms with Crippen molar-refractivity contribution in [2.24, 2.45) is 0 Å². The first-order chi connectivity index (χ1) is 9.60. The predicted octanol–water partition coefficient (Wildman–Crippen LogP) is 5.65. The Morgan fingerprint density at radius 2 is 1.95 bits per heavy atom. The van der Waals surface area contributed by atoms with Crippen LogP contribution in [0.25, 0.3) is 0 Å². The molecule has 0 aromatic heterocycles. The van der Waals surface area contributed by atoms with Gasteiger partial charge in [0.15, 0.2) is 0 Å². The van der Waals surface area contributed by atoms with E-state index in [0.717, 1.165) is 28.0 Å². The van der Waals surface area contributed by atoms with Crippen molar-refractivity contribution >= 4 is 39.1 Å². The average Bonchev–Trinajstić information content (AvgIpc) is 2.42. The fraction of sp³-hybridized carbons (Fsp3) is 0.250. The van der Waals surface area contributed by atoms with Crippen molar-refractivity contribution in [3.8, 4) is 0 Å². The van der Waals surface area contributed by atoms with E-state index in [0.29, 0.717) is 5.02 Å². The Labute approximate surface area is 138 Å². The van der Waals surface area contributed by atoms with E-state index in [1.807, 2.05) is 30.3 Å². The number of halogens is 3. The predicted molar refractivity (Wildman–Crippen MR) is 90.7 cm³/mol. The highest BCUT2D eigenvalue weighted by Crippen LogP contribution is 2.27. The molecule has 0 saturated heterocycles. The lowest BCUT2D eigenvalue weighted by atomic mass is 9.99. The van der Waals surface area contributed by atoms with Crippen LogP contribution in [0.3, 0.4) is 0 Å². The van der Waals surface area contributed by atoms with Crippen LogP contribution in [-0.2, 0) is 6.42 Å². The minimum absolute atomic E-state index is 0.216. The van der Waals surface area contributed by atoms with Gasteiger partial charge >= 0.3 is 0 Å². The van der Waals surface area contributed by atoms with Crippen LogP contribution in [0.4, 0.5) is 0 Å². The van der Waals surface area contributed by atoms with Gasteiger partial charge in [-0.1, -0.05) is 58.2 Å². The molecule has 0 bridgehead atoms. The number of hydrogen-bond acceptors (Lipinski definition) is 1. The highest BCUT2D eigenvalue weighted by molar-refractivity contribution is 9.10. The van der Waals surface area contributed by atoms with Gasteiger partial charge in [0.05, 0.1) is 0 Å². The van der Waals surface area contributed by atoms with E-state index < -0.39 is 0 Å². The molecule has 2 aromatic carbocycles. The minimum Gasteiger partial charge on any atom is -0.310 e. The Morgan fingerprint density at radius 3 is 2.65 bits per heavy atom. The summed E-state index contributed by atoms with van der Waals surface area (Å²) in [7, 11) is 0. The van der Waals surface area contributed by atoms with Crippen LogP contribution in [0.2, 0.25) is 10.0 Å². The summed E-state index contributed by atoms with van der Waals surface area (Å²) >= 11 is 15.8. The van der Waals surface area contributed by atoms with Gasteiger partial charge in [0.2, 0.25) is 0 Å². The van der Waals surface area contributed by atoms with Crippen molar-refractivity contribution in [1.29, 1.82) is 0 Å². The molecule has 2 aromatic rings. The Balaban J connectivity index is 2.27. The lowest BCUT2D eigenvalue weighted by Crippen LogP contribution is -2.23. The summed E-state index contributed by atoms with van der Waals surface area (Å²) in [6.45, 7) is 3.00. The van der Waals surface area contributed by atoms with E-state index >= 15 is 0 Å². The number of rotatable bonds is 5. The van der Waals surface area contributed by atoms with Gasteiger partial charge in [-0.3, -0.25) is 0 Å². The van der Waals surface area contributed by atoms with Gasteiger partial charge in [0.25, 0.3) is 0 Å². The van der Waals surface area contributed by atoms with Gasteiger partial charge in [-0.05, 0) is 54.4 Å². The fourth-order valence-corrected chi connectivity index (χ4v) is 3.00. The van der Waals surface area contributed by atoms with E-state index in [1.165, 1.54) is 5.56 Å². The third-order valence-electron chi connectivity index (χ3n) is 3.13. The van der Waals surface area contributed by atoms with Gasteiger partial charge in [-0.15, -0.1) is 0 Å². The quantitative estimate of drug-likeness (QED) is 0.714. The number of likely N-dealkylation sites (N-methyl/N-ethyl adjacent to an activating group) is 1.